The smallest absolute Gasteiger partial charge is 0.163 e. The van der Waals surface area contributed by atoms with Gasteiger partial charge in [0.1, 0.15) is 34.7 Å². The van der Waals surface area contributed by atoms with Crippen molar-refractivity contribution in [2.75, 3.05) is 12.8 Å². The average molecular weight is 577 g/mol. The van der Waals surface area contributed by atoms with Gasteiger partial charge in [-0.1, -0.05) is 67.9 Å². The number of benzene rings is 4. The molecule has 4 rings (SSSR count). The van der Waals surface area contributed by atoms with Crippen molar-refractivity contribution in [2.45, 2.75) is 33.1 Å². The summed E-state index contributed by atoms with van der Waals surface area (Å²) in [6.07, 6.45) is 3.34. The lowest BCUT2D eigenvalue weighted by Gasteiger charge is -2.27. The fourth-order valence-electron chi connectivity index (χ4n) is 4.89. The molecule has 3 nitrogen and oxygen atoms in total. The molecule has 4 aromatic carbocycles. The Morgan fingerprint density at radius 2 is 1.27 bits per heavy atom. The van der Waals surface area contributed by atoms with Gasteiger partial charge in [0.25, 0.3) is 0 Å². The van der Waals surface area contributed by atoms with E-state index in [1.807, 2.05) is 6.07 Å². The molecule has 0 saturated heterocycles. The summed E-state index contributed by atoms with van der Waals surface area (Å²) in [5.41, 5.74) is 1.08. The molecular weight excluding hydrogens is 543 g/mol. The third kappa shape index (κ3) is 6.32. The highest BCUT2D eigenvalue weighted by molar-refractivity contribution is 7.95. The molecule has 0 amide bonds. The number of hydrogen-bond donors (Lipinski definition) is 1. The normalized spacial score (nSPS) is 11.0. The predicted molar refractivity (Wildman–Crippen MR) is 152 cm³/mol. The molecule has 0 fully saturated rings. The van der Waals surface area contributed by atoms with Crippen molar-refractivity contribution < 1.29 is 31.6 Å². The molecule has 1 N–H and O–H groups in total. The maximum atomic E-state index is 11.9. The second kappa shape index (κ2) is 13.6. The van der Waals surface area contributed by atoms with Crippen LogP contribution < -0.4 is 37.6 Å². The van der Waals surface area contributed by atoms with Crippen molar-refractivity contribution in [1.29, 1.82) is 0 Å². The molecule has 0 bridgehead atoms. The number of phenols is 1. The van der Waals surface area contributed by atoms with Crippen LogP contribution in [0.2, 0.25) is 0 Å². The summed E-state index contributed by atoms with van der Waals surface area (Å²) in [5.74, 6) is 0.587. The molecule has 0 spiro atoms. The topological polar surface area (TPSA) is 46.5 Å². The Hall–Kier alpha value is -2.94. The minimum Gasteiger partial charge on any atom is -1.00 e. The van der Waals surface area contributed by atoms with E-state index >= 15 is 0 Å². The maximum Gasteiger partial charge on any atom is 0.163 e. The monoisotopic (exact) mass is 576 g/mol. The molecule has 0 unspecified atom stereocenters. The third-order valence-corrected chi connectivity index (χ3v) is 11.1. The summed E-state index contributed by atoms with van der Waals surface area (Å²) in [7, 11) is -1.90. The van der Waals surface area contributed by atoms with Crippen LogP contribution in [0.4, 0.5) is 0 Å². The van der Waals surface area contributed by atoms with E-state index in [2.05, 4.69) is 97.9 Å². The lowest BCUT2D eigenvalue weighted by molar-refractivity contribution is -0.0000169. The number of aromatic hydroxyl groups is 1. The van der Waals surface area contributed by atoms with Gasteiger partial charge in [-0.2, -0.15) is 0 Å². The lowest BCUT2D eigenvalue weighted by Crippen LogP contribution is -3.00. The van der Waals surface area contributed by atoms with Crippen LogP contribution in [0.5, 0.6) is 11.5 Å². The fourth-order valence-corrected chi connectivity index (χ4v) is 9.21. The molecule has 0 radical (unpaired) electrons. The average Bonchev–Trinajstić information content (AvgIpc) is 2.92. The first-order chi connectivity index (χ1) is 17.6. The Labute approximate surface area is 231 Å². The van der Waals surface area contributed by atoms with Crippen LogP contribution >= 0.6 is 7.26 Å². The van der Waals surface area contributed by atoms with E-state index in [1.165, 1.54) is 22.8 Å². The van der Waals surface area contributed by atoms with Gasteiger partial charge in [0.2, 0.25) is 0 Å². The fraction of sp³-hybridized carbons (Fsp3) is 0.219. The van der Waals surface area contributed by atoms with E-state index in [4.69, 9.17) is 4.74 Å². The number of rotatable bonds is 11. The molecule has 0 aliphatic heterocycles. The second-order valence-corrected chi connectivity index (χ2v) is 12.6. The van der Waals surface area contributed by atoms with Crippen molar-refractivity contribution in [1.82, 2.24) is 0 Å². The van der Waals surface area contributed by atoms with Gasteiger partial charge in [-0.05, 0) is 61.9 Å². The Morgan fingerprint density at radius 1 is 0.784 bits per heavy atom. The van der Waals surface area contributed by atoms with Crippen LogP contribution in [0.15, 0.2) is 103 Å². The summed E-state index contributed by atoms with van der Waals surface area (Å²) in [6, 6.07) is 36.0. The zero-order valence-electron chi connectivity index (χ0n) is 21.4. The van der Waals surface area contributed by atoms with E-state index < -0.39 is 7.26 Å². The van der Waals surface area contributed by atoms with E-state index in [9.17, 15) is 9.90 Å². The number of carbonyl (C=O) groups is 1. The van der Waals surface area contributed by atoms with Crippen LogP contribution in [0.3, 0.4) is 0 Å². The van der Waals surface area contributed by atoms with Gasteiger partial charge in [-0.3, -0.25) is 4.79 Å². The summed E-state index contributed by atoms with van der Waals surface area (Å²) >= 11 is 0. The van der Waals surface area contributed by atoms with Gasteiger partial charge < -0.3 is 26.8 Å². The second-order valence-electron chi connectivity index (χ2n) is 8.99. The highest BCUT2D eigenvalue weighted by atomic mass is 79.9. The first kappa shape index (κ1) is 28.6. The number of halogens is 1. The van der Waals surface area contributed by atoms with Crippen LogP contribution in [0.1, 0.15) is 42.6 Å². The Bertz CT molecular complexity index is 1180. The number of Topliss-reactive ketones (excluding diaryl/α,β-unsaturated/α-hetero) is 1. The quantitative estimate of drug-likeness (QED) is 0.169. The molecule has 0 heterocycles. The van der Waals surface area contributed by atoms with Gasteiger partial charge >= 0.3 is 0 Å². The molecule has 0 saturated carbocycles. The summed E-state index contributed by atoms with van der Waals surface area (Å²) in [4.78, 5) is 11.9. The maximum absolute atomic E-state index is 11.9. The minimum absolute atomic E-state index is 0. The van der Waals surface area contributed by atoms with Gasteiger partial charge in [0.05, 0.1) is 18.3 Å². The Kier molecular flexibility index (Phi) is 10.5. The van der Waals surface area contributed by atoms with Crippen molar-refractivity contribution in [3.63, 3.8) is 0 Å². The highest BCUT2D eigenvalue weighted by Crippen LogP contribution is 2.55. The van der Waals surface area contributed by atoms with Crippen LogP contribution in [0.25, 0.3) is 0 Å². The molecule has 0 aromatic heterocycles. The molecule has 5 heteroatoms. The van der Waals surface area contributed by atoms with Crippen molar-refractivity contribution in [3.8, 4) is 11.5 Å². The van der Waals surface area contributed by atoms with E-state index in [0.717, 1.165) is 24.6 Å². The number of ketones is 1. The van der Waals surface area contributed by atoms with Crippen LogP contribution in [-0.4, -0.2) is 23.7 Å². The molecule has 0 aliphatic carbocycles. The molecule has 0 atom stereocenters. The standard InChI is InChI=1S/C32H33O3P.BrH/c1-3-14-30-31(22-21-29(25(2)33)32(30)34)35-23-13-24-36(26-15-7-4-8-16-26,27-17-9-5-10-18-27)28-19-11-6-12-20-28;/h4-12,15-22H,3,13-14,23-24H2,1-2H3;1H. The summed E-state index contributed by atoms with van der Waals surface area (Å²) in [5, 5.41) is 14.8. The van der Waals surface area contributed by atoms with Gasteiger partial charge in [0, 0.05) is 12.0 Å². The third-order valence-electron chi connectivity index (χ3n) is 6.61. The zero-order chi connectivity index (χ0) is 25.4. The minimum atomic E-state index is -1.90. The lowest BCUT2D eigenvalue weighted by atomic mass is 10.0. The largest absolute Gasteiger partial charge is 1.00 e. The summed E-state index contributed by atoms with van der Waals surface area (Å²) < 4.78 is 6.25. The predicted octanol–water partition coefficient (Wildman–Crippen LogP) is 3.31. The number of carbonyl (C=O) groups excluding carboxylic acids is 1. The Balaban J connectivity index is 0.00000380. The highest BCUT2D eigenvalue weighted by Gasteiger charge is 2.44. The SMILES string of the molecule is CCCc1c(OCCC[P+](c2ccccc2)(c2ccccc2)c2ccccc2)ccc(C(C)=O)c1O.[Br-]. The zero-order valence-corrected chi connectivity index (χ0v) is 23.9. The first-order valence-corrected chi connectivity index (χ1v) is 14.6. The van der Waals surface area contributed by atoms with E-state index in [1.54, 1.807) is 6.07 Å². The molecule has 4 aromatic rings. The number of hydrogen-bond acceptors (Lipinski definition) is 3. The molecular formula is C32H34BrO3P. The van der Waals surface area contributed by atoms with Crippen LogP contribution in [0, 0.1) is 0 Å². The Morgan fingerprint density at radius 3 is 1.70 bits per heavy atom. The summed E-state index contributed by atoms with van der Waals surface area (Å²) in [6.45, 7) is 4.07. The van der Waals surface area contributed by atoms with Crippen LogP contribution in [-0.2, 0) is 6.42 Å². The molecule has 37 heavy (non-hydrogen) atoms. The van der Waals surface area contributed by atoms with Gasteiger partial charge in [-0.25, -0.2) is 0 Å². The van der Waals surface area contributed by atoms with Gasteiger partial charge in [-0.15, -0.1) is 0 Å². The molecule has 192 valence electrons. The number of ether oxygens (including phenoxy) is 1. The molecule has 0 aliphatic rings. The van der Waals surface area contributed by atoms with E-state index in [0.29, 0.717) is 24.3 Å². The number of phenolic OH excluding ortho intramolecular Hbond substituents is 1. The van der Waals surface area contributed by atoms with Crippen molar-refractivity contribution >= 4 is 29.0 Å². The first-order valence-electron chi connectivity index (χ1n) is 12.6. The van der Waals surface area contributed by atoms with Crippen molar-refractivity contribution in [2.24, 2.45) is 0 Å². The van der Waals surface area contributed by atoms with Crippen molar-refractivity contribution in [3.05, 3.63) is 114 Å². The van der Waals surface area contributed by atoms with E-state index in [-0.39, 0.29) is 28.5 Å². The van der Waals surface area contributed by atoms with Gasteiger partial charge in [0.15, 0.2) is 5.78 Å².